The van der Waals surface area contributed by atoms with Crippen LogP contribution in [0.1, 0.15) is 67.2 Å². The van der Waals surface area contributed by atoms with Gasteiger partial charge in [-0.15, -0.1) is 0 Å². The third-order valence-electron chi connectivity index (χ3n) is 5.83. The summed E-state index contributed by atoms with van der Waals surface area (Å²) in [7, 11) is 0. The minimum atomic E-state index is -5.08. The molecule has 1 fully saturated rings. The summed E-state index contributed by atoms with van der Waals surface area (Å²) in [6, 6.07) is 0. The smallest absolute Gasteiger partial charge is 0.475 e. The van der Waals surface area contributed by atoms with Gasteiger partial charge in [-0.3, -0.25) is 10.1 Å². The number of hydrogen-bond acceptors (Lipinski definition) is 6. The summed E-state index contributed by atoms with van der Waals surface area (Å²) < 4.78 is 44.8. The summed E-state index contributed by atoms with van der Waals surface area (Å²) in [5, 5.41) is 14.2. The lowest BCUT2D eigenvalue weighted by Gasteiger charge is -2.21. The normalized spacial score (nSPS) is 18.8. The average Bonchev–Trinajstić information content (AvgIpc) is 3.33. The number of carbonyl (C=O) groups is 2. The number of nitrogens with zero attached hydrogens (tertiary/aromatic N) is 3. The lowest BCUT2D eigenvalue weighted by atomic mass is 9.94. The van der Waals surface area contributed by atoms with Crippen molar-refractivity contribution in [2.24, 2.45) is 0 Å². The van der Waals surface area contributed by atoms with Crippen LogP contribution in [0.5, 0.6) is 0 Å². The molecule has 0 radical (unpaired) electrons. The fourth-order valence-corrected chi connectivity index (χ4v) is 4.06. The molecule has 4 rings (SSSR count). The SMILES string of the molecule is Cc1c(C2CCOCC2)noc1NC(=O)Cc1cnc2n1CCCC2C.O=C(O)C(F)(F)F. The number of rotatable bonds is 4. The van der Waals surface area contributed by atoms with Gasteiger partial charge in [-0.1, -0.05) is 12.1 Å². The van der Waals surface area contributed by atoms with Crippen molar-refractivity contribution < 1.29 is 37.1 Å². The van der Waals surface area contributed by atoms with Crippen molar-refractivity contribution in [1.29, 1.82) is 0 Å². The van der Waals surface area contributed by atoms with Gasteiger partial charge in [0.15, 0.2) is 0 Å². The van der Waals surface area contributed by atoms with E-state index in [-0.39, 0.29) is 5.91 Å². The molecule has 2 aromatic rings. The number of hydrogen-bond donors (Lipinski definition) is 2. The Morgan fingerprint density at radius 1 is 1.27 bits per heavy atom. The second-order valence-corrected chi connectivity index (χ2v) is 8.24. The predicted molar refractivity (Wildman–Crippen MR) is 110 cm³/mol. The highest BCUT2D eigenvalue weighted by atomic mass is 19.4. The van der Waals surface area contributed by atoms with Gasteiger partial charge in [-0.25, -0.2) is 9.78 Å². The number of imidazole rings is 1. The van der Waals surface area contributed by atoms with E-state index >= 15 is 0 Å². The summed E-state index contributed by atoms with van der Waals surface area (Å²) >= 11 is 0. The van der Waals surface area contributed by atoms with Gasteiger partial charge in [0.2, 0.25) is 11.8 Å². The van der Waals surface area contributed by atoms with Crippen LogP contribution in [0, 0.1) is 6.92 Å². The van der Waals surface area contributed by atoms with Gasteiger partial charge in [0.1, 0.15) is 5.82 Å². The zero-order valence-corrected chi connectivity index (χ0v) is 18.4. The molecule has 12 heteroatoms. The summed E-state index contributed by atoms with van der Waals surface area (Å²) in [5.41, 5.74) is 2.83. The molecule has 2 aliphatic rings. The monoisotopic (exact) mass is 472 g/mol. The van der Waals surface area contributed by atoms with Gasteiger partial charge in [0.05, 0.1) is 12.1 Å². The Hall–Kier alpha value is -2.89. The fourth-order valence-electron chi connectivity index (χ4n) is 4.06. The first-order valence-electron chi connectivity index (χ1n) is 10.8. The number of anilines is 1. The molecule has 2 N–H and O–H groups in total. The Balaban J connectivity index is 0.000000383. The largest absolute Gasteiger partial charge is 0.490 e. The van der Waals surface area contributed by atoms with Crippen LogP contribution in [0.3, 0.4) is 0 Å². The van der Waals surface area contributed by atoms with Crippen LogP contribution in [0.2, 0.25) is 0 Å². The number of amides is 1. The van der Waals surface area contributed by atoms with E-state index in [0.29, 0.717) is 24.1 Å². The van der Waals surface area contributed by atoms with E-state index in [1.165, 1.54) is 0 Å². The zero-order valence-electron chi connectivity index (χ0n) is 18.4. The molecule has 0 spiro atoms. The van der Waals surface area contributed by atoms with Crippen LogP contribution in [-0.4, -0.2) is 51.1 Å². The van der Waals surface area contributed by atoms with Gasteiger partial charge in [0, 0.05) is 49.0 Å². The minimum Gasteiger partial charge on any atom is -0.475 e. The molecule has 1 amide bonds. The highest BCUT2D eigenvalue weighted by molar-refractivity contribution is 5.91. The van der Waals surface area contributed by atoms with Crippen molar-refractivity contribution in [1.82, 2.24) is 14.7 Å². The number of aromatic nitrogens is 3. The lowest BCUT2D eigenvalue weighted by Crippen LogP contribution is -2.21. The second-order valence-electron chi connectivity index (χ2n) is 8.24. The molecule has 1 saturated heterocycles. The number of carboxylic acid groups (broad SMARTS) is 1. The maximum atomic E-state index is 12.5. The third kappa shape index (κ3) is 6.12. The maximum Gasteiger partial charge on any atom is 0.490 e. The molecule has 182 valence electrons. The average molecular weight is 472 g/mol. The molecule has 33 heavy (non-hydrogen) atoms. The van der Waals surface area contributed by atoms with Gasteiger partial charge in [-0.2, -0.15) is 13.2 Å². The van der Waals surface area contributed by atoms with E-state index < -0.39 is 12.1 Å². The van der Waals surface area contributed by atoms with Crippen molar-refractivity contribution in [3.63, 3.8) is 0 Å². The van der Waals surface area contributed by atoms with Crippen molar-refractivity contribution in [3.05, 3.63) is 29.0 Å². The molecular formula is C21H27F3N4O5. The number of halogens is 3. The minimum absolute atomic E-state index is 0.0938. The Bertz CT molecular complexity index is 979. The molecule has 0 saturated carbocycles. The molecule has 4 heterocycles. The third-order valence-corrected chi connectivity index (χ3v) is 5.83. The van der Waals surface area contributed by atoms with Crippen molar-refractivity contribution in [2.45, 2.75) is 70.5 Å². The number of aliphatic carboxylic acids is 1. The zero-order chi connectivity index (χ0) is 24.2. The van der Waals surface area contributed by atoms with E-state index in [9.17, 15) is 18.0 Å². The highest BCUT2D eigenvalue weighted by Gasteiger charge is 2.38. The standard InChI is InChI=1S/C19H26N4O3.C2HF3O2/c1-12-4-3-7-23-15(11-20-18(12)23)10-16(24)21-19-13(2)17(22-26-19)14-5-8-25-9-6-14;3-2(4,5)1(6)7/h11-12,14H,3-10H2,1-2H3,(H,21,24);(H,6,7). The molecular weight excluding hydrogens is 445 g/mol. The molecule has 2 aliphatic heterocycles. The topological polar surface area (TPSA) is 119 Å². The number of alkyl halides is 3. The number of carboxylic acids is 1. The van der Waals surface area contributed by atoms with Crippen LogP contribution >= 0.6 is 0 Å². The van der Waals surface area contributed by atoms with Crippen LogP contribution in [-0.2, 0) is 27.3 Å². The van der Waals surface area contributed by atoms with Crippen LogP contribution in [0.25, 0.3) is 0 Å². The first-order valence-corrected chi connectivity index (χ1v) is 10.8. The predicted octanol–water partition coefficient (Wildman–Crippen LogP) is 3.79. The summed E-state index contributed by atoms with van der Waals surface area (Å²) in [6.45, 7) is 6.60. The van der Waals surface area contributed by atoms with Crippen molar-refractivity contribution in [2.75, 3.05) is 18.5 Å². The first kappa shape index (κ1) is 24.7. The summed E-state index contributed by atoms with van der Waals surface area (Å²) in [5.74, 6) is -0.489. The van der Waals surface area contributed by atoms with Gasteiger partial charge in [-0.05, 0) is 32.6 Å². The van der Waals surface area contributed by atoms with E-state index in [1.54, 1.807) is 0 Å². The van der Waals surface area contributed by atoms with Gasteiger partial charge >= 0.3 is 12.1 Å². The van der Waals surface area contributed by atoms with E-state index in [4.69, 9.17) is 19.2 Å². The quantitative estimate of drug-likeness (QED) is 0.695. The molecule has 0 aliphatic carbocycles. The Kier molecular flexibility index (Phi) is 7.77. The number of fused-ring (bicyclic) bond motifs is 1. The van der Waals surface area contributed by atoms with Gasteiger partial charge in [0.25, 0.3) is 0 Å². The van der Waals surface area contributed by atoms with E-state index in [0.717, 1.165) is 68.2 Å². The van der Waals surface area contributed by atoms with Crippen LogP contribution in [0.15, 0.2) is 10.7 Å². The first-order chi connectivity index (χ1) is 15.6. The Morgan fingerprint density at radius 2 is 1.94 bits per heavy atom. The van der Waals surface area contributed by atoms with Crippen LogP contribution in [0.4, 0.5) is 19.1 Å². The molecule has 2 aromatic heterocycles. The summed E-state index contributed by atoms with van der Waals surface area (Å²) in [6.07, 6.45) is 1.23. The van der Waals surface area contributed by atoms with Crippen LogP contribution < -0.4 is 5.32 Å². The van der Waals surface area contributed by atoms with Crippen molar-refractivity contribution >= 4 is 17.8 Å². The molecule has 9 nitrogen and oxygen atoms in total. The fraction of sp³-hybridized carbons (Fsp3) is 0.619. The molecule has 0 bridgehead atoms. The highest BCUT2D eigenvalue weighted by Crippen LogP contribution is 2.32. The number of ether oxygens (including phenoxy) is 1. The molecule has 1 unspecified atom stereocenters. The molecule has 1 atom stereocenters. The van der Waals surface area contributed by atoms with E-state index in [2.05, 4.69) is 26.9 Å². The lowest BCUT2D eigenvalue weighted by molar-refractivity contribution is -0.192. The maximum absolute atomic E-state index is 12.5. The van der Waals surface area contributed by atoms with Crippen molar-refractivity contribution in [3.8, 4) is 0 Å². The summed E-state index contributed by atoms with van der Waals surface area (Å²) in [4.78, 5) is 25.9. The Labute approximate surface area is 188 Å². The number of carbonyl (C=O) groups excluding carboxylic acids is 1. The molecule has 0 aromatic carbocycles. The Morgan fingerprint density at radius 3 is 2.58 bits per heavy atom. The van der Waals surface area contributed by atoms with Gasteiger partial charge < -0.3 is 18.9 Å². The second kappa shape index (κ2) is 10.4. The number of nitrogens with one attached hydrogen (secondary N) is 1. The van der Waals surface area contributed by atoms with E-state index in [1.807, 2.05) is 13.1 Å².